The molecule has 0 aliphatic heterocycles. The van der Waals surface area contributed by atoms with Crippen LogP contribution in [0.15, 0.2) is 78.9 Å². The summed E-state index contributed by atoms with van der Waals surface area (Å²) >= 11 is 0. The smallest absolute Gasteiger partial charge is 0.371 e. The Labute approximate surface area is 194 Å². The maximum Gasteiger partial charge on any atom is 0.416 e. The summed E-state index contributed by atoms with van der Waals surface area (Å²) in [4.78, 5) is 1.90. The lowest BCUT2D eigenvalue weighted by atomic mass is 9.83. The van der Waals surface area contributed by atoms with E-state index in [0.717, 1.165) is 29.8 Å². The van der Waals surface area contributed by atoms with E-state index >= 15 is 0 Å². The van der Waals surface area contributed by atoms with Crippen LogP contribution in [0.2, 0.25) is 0 Å². The van der Waals surface area contributed by atoms with Crippen LogP contribution in [0.25, 0.3) is 0 Å². The minimum atomic E-state index is -4.48. The number of hydrogen-bond donors (Lipinski definition) is 0. The molecule has 0 spiro atoms. The van der Waals surface area contributed by atoms with E-state index in [2.05, 4.69) is 0 Å². The van der Waals surface area contributed by atoms with Crippen molar-refractivity contribution in [3.63, 3.8) is 0 Å². The van der Waals surface area contributed by atoms with E-state index in [1.54, 1.807) is 12.1 Å². The Kier molecular flexibility index (Phi) is 8.05. The number of nitrogens with zero attached hydrogens (tertiary/aromatic N) is 1. The topological polar surface area (TPSA) is 12.5 Å². The van der Waals surface area contributed by atoms with Crippen LogP contribution in [0, 0.1) is 0 Å². The Morgan fingerprint density at radius 2 is 1.09 bits per heavy atom. The molecule has 0 radical (unpaired) electrons. The summed E-state index contributed by atoms with van der Waals surface area (Å²) in [6, 6.07) is 18.6. The molecule has 182 valence electrons. The van der Waals surface area contributed by atoms with Crippen LogP contribution in [-0.4, -0.2) is 32.1 Å². The Balaban J connectivity index is 2.07. The van der Waals surface area contributed by atoms with Crippen molar-refractivity contribution in [3.8, 4) is 0 Å². The van der Waals surface area contributed by atoms with Crippen molar-refractivity contribution in [2.24, 2.45) is 0 Å². The van der Waals surface area contributed by atoms with Gasteiger partial charge in [-0.2, -0.15) is 26.3 Å². The van der Waals surface area contributed by atoms with Gasteiger partial charge in [0.05, 0.1) is 23.8 Å². The van der Waals surface area contributed by atoms with E-state index in [0.29, 0.717) is 17.7 Å². The zero-order valence-electron chi connectivity index (χ0n) is 18.7. The third-order valence-corrected chi connectivity index (χ3v) is 5.46. The highest BCUT2D eigenvalue weighted by Crippen LogP contribution is 2.41. The predicted molar refractivity (Wildman–Crippen MR) is 118 cm³/mol. The molecule has 0 saturated carbocycles. The molecule has 0 bridgehead atoms. The first-order chi connectivity index (χ1) is 16.0. The summed E-state index contributed by atoms with van der Waals surface area (Å²) in [5.74, 6) is -0.539. The van der Waals surface area contributed by atoms with Gasteiger partial charge in [0.25, 0.3) is 0 Å². The van der Waals surface area contributed by atoms with Gasteiger partial charge in [0.1, 0.15) is 0 Å². The van der Waals surface area contributed by atoms with Gasteiger partial charge >= 0.3 is 12.4 Å². The highest BCUT2D eigenvalue weighted by atomic mass is 19.4. The molecule has 0 aromatic heterocycles. The molecule has 2 unspecified atom stereocenters. The van der Waals surface area contributed by atoms with E-state index in [9.17, 15) is 26.3 Å². The van der Waals surface area contributed by atoms with Gasteiger partial charge in [0, 0.05) is 12.5 Å². The molecule has 0 amide bonds. The number of likely N-dealkylation sites (N-methyl/N-ethyl adjacent to an activating group) is 1. The lowest BCUT2D eigenvalue weighted by Crippen LogP contribution is -2.23. The summed E-state index contributed by atoms with van der Waals surface area (Å²) in [6.45, 7) is 0.842. The van der Waals surface area contributed by atoms with Crippen molar-refractivity contribution in [2.75, 3.05) is 27.2 Å². The average molecular weight is 481 g/mol. The zero-order chi connectivity index (χ0) is 24.9. The molecule has 8 heteroatoms. The van der Waals surface area contributed by atoms with E-state index in [-0.39, 0.29) is 6.61 Å². The summed E-state index contributed by atoms with van der Waals surface area (Å²) in [5, 5.41) is 0. The fourth-order valence-electron chi connectivity index (χ4n) is 3.69. The van der Waals surface area contributed by atoms with E-state index in [1.165, 1.54) is 24.3 Å². The van der Waals surface area contributed by atoms with E-state index in [1.807, 2.05) is 37.2 Å². The standard InChI is InChI=1S/C26H25F6NO/c1-33(2)16-17-34-24(20-10-14-22(15-11-20)26(30,31)32)23(18-6-4-3-5-7-18)19-8-12-21(13-9-19)25(27,28)29/h3-15,23-24H,16-17H2,1-2H3. The molecular weight excluding hydrogens is 456 g/mol. The quantitative estimate of drug-likeness (QED) is 0.316. The zero-order valence-corrected chi connectivity index (χ0v) is 18.7. The van der Waals surface area contributed by atoms with Crippen molar-refractivity contribution in [1.29, 1.82) is 0 Å². The molecule has 0 fully saturated rings. The Hall–Kier alpha value is -2.84. The summed E-state index contributed by atoms with van der Waals surface area (Å²) in [5.41, 5.74) is 0.281. The van der Waals surface area contributed by atoms with Crippen molar-refractivity contribution in [3.05, 3.63) is 107 Å². The monoisotopic (exact) mass is 481 g/mol. The second-order valence-electron chi connectivity index (χ2n) is 8.22. The molecule has 3 rings (SSSR count). The maximum atomic E-state index is 13.1. The number of halogens is 6. The molecule has 34 heavy (non-hydrogen) atoms. The molecule has 0 aliphatic rings. The molecular formula is C26H25F6NO. The molecule has 3 aromatic carbocycles. The molecule has 0 aliphatic carbocycles. The van der Waals surface area contributed by atoms with Gasteiger partial charge in [0.15, 0.2) is 0 Å². The molecule has 0 heterocycles. The highest BCUT2D eigenvalue weighted by molar-refractivity contribution is 5.39. The van der Waals surface area contributed by atoms with Crippen LogP contribution >= 0.6 is 0 Å². The first-order valence-corrected chi connectivity index (χ1v) is 10.6. The van der Waals surface area contributed by atoms with Crippen molar-refractivity contribution in [1.82, 2.24) is 4.90 Å². The van der Waals surface area contributed by atoms with Gasteiger partial charge in [-0.15, -0.1) is 0 Å². The van der Waals surface area contributed by atoms with E-state index < -0.39 is 35.5 Å². The second kappa shape index (κ2) is 10.6. The van der Waals surface area contributed by atoms with Crippen LogP contribution in [-0.2, 0) is 17.1 Å². The van der Waals surface area contributed by atoms with Crippen LogP contribution in [0.3, 0.4) is 0 Å². The van der Waals surface area contributed by atoms with Gasteiger partial charge in [-0.25, -0.2) is 0 Å². The van der Waals surface area contributed by atoms with Crippen molar-refractivity contribution < 1.29 is 31.1 Å². The molecule has 0 N–H and O–H groups in total. The number of hydrogen-bond acceptors (Lipinski definition) is 2. The van der Waals surface area contributed by atoms with Gasteiger partial charge < -0.3 is 9.64 Å². The van der Waals surface area contributed by atoms with Crippen LogP contribution in [0.4, 0.5) is 26.3 Å². The lowest BCUT2D eigenvalue weighted by Gasteiger charge is -2.30. The molecule has 3 aromatic rings. The first kappa shape index (κ1) is 25.8. The first-order valence-electron chi connectivity index (χ1n) is 10.6. The fourth-order valence-corrected chi connectivity index (χ4v) is 3.69. The number of benzene rings is 3. The Bertz CT molecular complexity index is 1030. The highest BCUT2D eigenvalue weighted by Gasteiger charge is 2.33. The van der Waals surface area contributed by atoms with Gasteiger partial charge in [0.2, 0.25) is 0 Å². The normalized spacial score (nSPS) is 14.3. The van der Waals surface area contributed by atoms with Crippen LogP contribution < -0.4 is 0 Å². The van der Waals surface area contributed by atoms with Gasteiger partial charge in [-0.05, 0) is 55.1 Å². The van der Waals surface area contributed by atoms with Crippen molar-refractivity contribution in [2.45, 2.75) is 24.4 Å². The Morgan fingerprint density at radius 1 is 0.647 bits per heavy atom. The average Bonchev–Trinajstić information content (AvgIpc) is 2.78. The fraction of sp³-hybridized carbons (Fsp3) is 0.308. The maximum absolute atomic E-state index is 13.1. The molecule has 0 saturated heterocycles. The third kappa shape index (κ3) is 6.61. The largest absolute Gasteiger partial charge is 0.416 e. The number of ether oxygens (including phenoxy) is 1. The summed E-state index contributed by atoms with van der Waals surface area (Å²) in [7, 11) is 3.72. The Morgan fingerprint density at radius 3 is 1.53 bits per heavy atom. The third-order valence-electron chi connectivity index (χ3n) is 5.46. The lowest BCUT2D eigenvalue weighted by molar-refractivity contribution is -0.138. The van der Waals surface area contributed by atoms with Crippen molar-refractivity contribution >= 4 is 0 Å². The van der Waals surface area contributed by atoms with E-state index in [4.69, 9.17) is 4.74 Å². The minimum Gasteiger partial charge on any atom is -0.371 e. The summed E-state index contributed by atoms with van der Waals surface area (Å²) in [6.07, 6.45) is -9.68. The summed E-state index contributed by atoms with van der Waals surface area (Å²) < 4.78 is 84.9. The number of alkyl halides is 6. The second-order valence-corrected chi connectivity index (χ2v) is 8.22. The number of rotatable bonds is 8. The molecule has 2 atom stereocenters. The molecule has 2 nitrogen and oxygen atoms in total. The van der Waals surface area contributed by atoms with Gasteiger partial charge in [-0.1, -0.05) is 54.6 Å². The van der Waals surface area contributed by atoms with Gasteiger partial charge in [-0.3, -0.25) is 0 Å². The minimum absolute atomic E-state index is 0.280. The SMILES string of the molecule is CN(C)CCOC(c1ccc(C(F)(F)F)cc1)C(c1ccccc1)c1ccc(C(F)(F)F)cc1. The predicted octanol–water partition coefficient (Wildman–Crippen LogP) is 7.18. The van der Waals surface area contributed by atoms with Crippen LogP contribution in [0.1, 0.15) is 39.8 Å². The van der Waals surface area contributed by atoms with Crippen LogP contribution in [0.5, 0.6) is 0 Å².